The van der Waals surface area contributed by atoms with E-state index >= 15 is 0 Å². The molecule has 0 bridgehead atoms. The van der Waals surface area contributed by atoms with E-state index in [9.17, 15) is 4.79 Å². The van der Waals surface area contributed by atoms with Gasteiger partial charge in [-0.3, -0.25) is 9.36 Å². The Labute approximate surface area is 248 Å². The molecule has 0 radical (unpaired) electrons. The Balaban J connectivity index is 1.60. The summed E-state index contributed by atoms with van der Waals surface area (Å²) in [5, 5.41) is 0.144. The van der Waals surface area contributed by atoms with Crippen molar-refractivity contribution in [2.45, 2.75) is 52.4 Å². The van der Waals surface area contributed by atoms with Crippen LogP contribution >= 0.6 is 0 Å². The van der Waals surface area contributed by atoms with Gasteiger partial charge in [0.1, 0.15) is 11.3 Å². The van der Waals surface area contributed by atoms with E-state index in [4.69, 9.17) is 20.1 Å². The molecule has 3 aromatic heterocycles. The quantitative estimate of drug-likeness (QED) is 0.205. The smallest absolute Gasteiger partial charge is 0.223 e. The van der Waals surface area contributed by atoms with Gasteiger partial charge in [-0.15, -0.1) is 0 Å². The van der Waals surface area contributed by atoms with E-state index in [1.807, 2.05) is 53.1 Å². The fourth-order valence-corrected chi connectivity index (χ4v) is 5.39. The van der Waals surface area contributed by atoms with Gasteiger partial charge in [0.2, 0.25) is 5.91 Å². The average molecular weight is 579 g/mol. The van der Waals surface area contributed by atoms with Crippen molar-refractivity contribution in [2.75, 3.05) is 17.7 Å². The van der Waals surface area contributed by atoms with Gasteiger partial charge in [-0.05, 0) is 72.2 Å². The first-order valence-corrected chi connectivity index (χ1v) is 16.9. The van der Waals surface area contributed by atoms with Crippen molar-refractivity contribution in [2.24, 2.45) is 0 Å². The lowest BCUT2D eigenvalue weighted by Gasteiger charge is -2.36. The van der Waals surface area contributed by atoms with E-state index in [0.717, 1.165) is 39.3 Å². The van der Waals surface area contributed by atoms with Crippen LogP contribution in [0.4, 0.5) is 11.5 Å². The van der Waals surface area contributed by atoms with Gasteiger partial charge in [-0.1, -0.05) is 45.0 Å². The Kier molecular flexibility index (Phi) is 7.74. The summed E-state index contributed by atoms with van der Waals surface area (Å²) in [5.74, 6) is 1.02. The average Bonchev–Trinajstić information content (AvgIpc) is 3.34. The molecule has 0 fully saturated rings. The maximum absolute atomic E-state index is 12.0. The molecule has 1 amide bonds. The molecule has 5 rings (SSSR count). The van der Waals surface area contributed by atoms with Crippen molar-refractivity contribution < 1.29 is 9.22 Å². The van der Waals surface area contributed by atoms with E-state index < -0.39 is 8.32 Å². The maximum atomic E-state index is 12.0. The van der Waals surface area contributed by atoms with Crippen molar-refractivity contribution in [1.82, 2.24) is 19.5 Å². The first-order valence-electron chi connectivity index (χ1n) is 14.0. The summed E-state index contributed by atoms with van der Waals surface area (Å²) < 4.78 is 8.48. The summed E-state index contributed by atoms with van der Waals surface area (Å²) in [6, 6.07) is 23.8. The van der Waals surface area contributed by atoms with Crippen LogP contribution in [0, 0.1) is 0 Å². The van der Waals surface area contributed by atoms with E-state index in [-0.39, 0.29) is 10.9 Å². The SMILES string of the molecule is CC(=O)N(C)c1cccc(-c2ccc3nc(-c4cccnc4N)n(-c4ccc(CO[Si](C)(C)C(C)(C)C)cc4)c3n2)c1. The van der Waals surface area contributed by atoms with E-state index in [1.54, 1.807) is 25.1 Å². The number of carbonyl (C=O) groups is 1. The van der Waals surface area contributed by atoms with Crippen LogP contribution in [-0.4, -0.2) is 40.8 Å². The number of fused-ring (bicyclic) bond motifs is 1. The van der Waals surface area contributed by atoms with Gasteiger partial charge >= 0.3 is 0 Å². The van der Waals surface area contributed by atoms with Gasteiger partial charge in [0.05, 0.1) is 17.9 Å². The lowest BCUT2D eigenvalue weighted by Crippen LogP contribution is -2.40. The molecule has 42 heavy (non-hydrogen) atoms. The molecule has 8 nitrogen and oxygen atoms in total. The van der Waals surface area contributed by atoms with Crippen molar-refractivity contribution in [1.29, 1.82) is 0 Å². The van der Waals surface area contributed by atoms with Crippen LogP contribution in [0.15, 0.2) is 79.0 Å². The predicted molar refractivity (Wildman–Crippen MR) is 173 cm³/mol. The number of nitrogens with two attached hydrogens (primary N) is 1. The number of pyridine rings is 2. The van der Waals surface area contributed by atoms with Crippen LogP contribution in [-0.2, 0) is 15.8 Å². The molecule has 0 spiro atoms. The van der Waals surface area contributed by atoms with Crippen LogP contribution in [0.3, 0.4) is 0 Å². The third kappa shape index (κ3) is 5.70. The Hall–Kier alpha value is -4.34. The number of anilines is 2. The standard InChI is InChI=1S/C33H38N6O2Si/c1-22(40)38(5)26-11-8-10-24(20-26)28-17-18-29-32(36-28)39(31(37-29)27-12-9-19-35-30(27)34)25-15-13-23(14-16-25)21-41-42(6,7)33(2,3)4/h8-20H,21H2,1-7H3,(H2,34,35). The third-order valence-electron chi connectivity index (χ3n) is 8.19. The van der Waals surface area contributed by atoms with E-state index in [1.165, 1.54) is 0 Å². The minimum absolute atomic E-state index is 0.0366. The minimum atomic E-state index is -1.87. The molecule has 0 unspecified atom stereocenters. The van der Waals surface area contributed by atoms with Gasteiger partial charge < -0.3 is 15.1 Å². The number of carbonyl (C=O) groups excluding carboxylic acids is 1. The number of amides is 1. The molecule has 5 aromatic rings. The third-order valence-corrected chi connectivity index (χ3v) is 12.7. The molecular weight excluding hydrogens is 540 g/mol. The van der Waals surface area contributed by atoms with Gasteiger partial charge in [-0.2, -0.15) is 0 Å². The van der Waals surface area contributed by atoms with E-state index in [2.05, 4.69) is 63.1 Å². The van der Waals surface area contributed by atoms with Crippen LogP contribution in [0.5, 0.6) is 0 Å². The number of hydrogen-bond acceptors (Lipinski definition) is 6. The van der Waals surface area contributed by atoms with Crippen molar-refractivity contribution in [3.8, 4) is 28.3 Å². The molecule has 3 heterocycles. The zero-order valence-electron chi connectivity index (χ0n) is 25.3. The van der Waals surface area contributed by atoms with Gasteiger partial charge in [0.15, 0.2) is 19.8 Å². The molecule has 0 aliphatic heterocycles. The summed E-state index contributed by atoms with van der Waals surface area (Å²) >= 11 is 0. The summed E-state index contributed by atoms with van der Waals surface area (Å²) in [6.45, 7) is 13.4. The highest BCUT2D eigenvalue weighted by Crippen LogP contribution is 2.37. The number of hydrogen-bond donors (Lipinski definition) is 1. The predicted octanol–water partition coefficient (Wildman–Crippen LogP) is 7.24. The summed E-state index contributed by atoms with van der Waals surface area (Å²) in [6.07, 6.45) is 1.67. The topological polar surface area (TPSA) is 99.2 Å². The zero-order chi connectivity index (χ0) is 30.2. The van der Waals surface area contributed by atoms with Crippen molar-refractivity contribution >= 4 is 36.9 Å². The molecular formula is C33H38N6O2Si. The van der Waals surface area contributed by atoms with Crippen LogP contribution < -0.4 is 10.6 Å². The highest BCUT2D eigenvalue weighted by molar-refractivity contribution is 6.74. The van der Waals surface area contributed by atoms with Gasteiger partial charge in [0, 0.05) is 37.1 Å². The first kappa shape index (κ1) is 29.2. The molecule has 0 atom stereocenters. The Bertz CT molecular complexity index is 1760. The zero-order valence-corrected chi connectivity index (χ0v) is 26.3. The number of imidazole rings is 1. The summed E-state index contributed by atoms with van der Waals surface area (Å²) in [7, 11) is -0.111. The molecule has 2 N–H and O–H groups in total. The second kappa shape index (κ2) is 11.1. The number of rotatable bonds is 7. The molecule has 0 saturated carbocycles. The highest BCUT2D eigenvalue weighted by Gasteiger charge is 2.37. The second-order valence-corrected chi connectivity index (χ2v) is 16.9. The minimum Gasteiger partial charge on any atom is -0.413 e. The number of aromatic nitrogens is 4. The van der Waals surface area contributed by atoms with Gasteiger partial charge in [-0.25, -0.2) is 15.0 Å². The largest absolute Gasteiger partial charge is 0.413 e. The van der Waals surface area contributed by atoms with E-state index in [0.29, 0.717) is 23.9 Å². The lowest BCUT2D eigenvalue weighted by molar-refractivity contribution is -0.116. The Morgan fingerprint density at radius 2 is 1.74 bits per heavy atom. The molecule has 0 aliphatic rings. The monoisotopic (exact) mass is 578 g/mol. The number of nitrogen functional groups attached to an aromatic ring is 1. The number of nitrogens with zero attached hydrogens (tertiary/aromatic N) is 5. The fourth-order valence-electron chi connectivity index (χ4n) is 4.43. The van der Waals surface area contributed by atoms with Crippen LogP contribution in [0.1, 0.15) is 33.3 Å². The molecule has 0 aliphatic carbocycles. The number of benzene rings is 2. The first-order chi connectivity index (χ1) is 19.9. The maximum Gasteiger partial charge on any atom is 0.223 e. The van der Waals surface area contributed by atoms with Crippen molar-refractivity contribution in [3.05, 3.63) is 84.6 Å². The lowest BCUT2D eigenvalue weighted by atomic mass is 10.1. The summed E-state index contributed by atoms with van der Waals surface area (Å²) in [5.41, 5.74) is 13.0. The Morgan fingerprint density at radius 1 is 1.00 bits per heavy atom. The summed E-state index contributed by atoms with van der Waals surface area (Å²) in [4.78, 5) is 27.9. The normalized spacial score (nSPS) is 12.1. The molecule has 9 heteroatoms. The Morgan fingerprint density at radius 3 is 2.40 bits per heavy atom. The van der Waals surface area contributed by atoms with Crippen LogP contribution in [0.2, 0.25) is 18.1 Å². The van der Waals surface area contributed by atoms with Crippen molar-refractivity contribution in [3.63, 3.8) is 0 Å². The van der Waals surface area contributed by atoms with Crippen LogP contribution in [0.25, 0.3) is 39.5 Å². The molecule has 2 aromatic carbocycles. The fraction of sp³-hybridized carbons (Fsp3) is 0.273. The molecule has 0 saturated heterocycles. The second-order valence-electron chi connectivity index (χ2n) is 12.1. The molecule has 216 valence electrons. The highest BCUT2D eigenvalue weighted by atomic mass is 28.4. The van der Waals surface area contributed by atoms with Gasteiger partial charge in [0.25, 0.3) is 0 Å².